The first kappa shape index (κ1) is 7.27. The van der Waals surface area contributed by atoms with E-state index in [1.165, 1.54) is 13.3 Å². The van der Waals surface area contributed by atoms with Crippen LogP contribution >= 0.6 is 12.6 Å². The number of carbonyl (C=O) groups excluding carboxylic acids is 1. The van der Waals surface area contributed by atoms with Gasteiger partial charge in [-0.1, -0.05) is 0 Å². The number of carbonyl (C=O) groups is 1. The molecule has 1 unspecified atom stereocenters. The van der Waals surface area contributed by atoms with Crippen LogP contribution in [0.3, 0.4) is 0 Å². The Kier molecular flexibility index (Phi) is 2.06. The molecule has 0 aromatic carbocycles. The highest BCUT2D eigenvalue weighted by Gasteiger charge is 2.17. The molecule has 0 aromatic heterocycles. The minimum atomic E-state index is -0.314. The molecular weight excluding hydrogens is 152 g/mol. The third-order valence-electron chi connectivity index (χ3n) is 1.08. The smallest absolute Gasteiger partial charge is 0.290 e. The second kappa shape index (κ2) is 2.83. The Labute approximate surface area is 64.0 Å². The molecule has 0 radical (unpaired) electrons. The Morgan fingerprint density at radius 2 is 2.50 bits per heavy atom. The molecule has 1 aliphatic rings. The predicted molar refractivity (Wildman–Crippen MR) is 39.1 cm³/mol. The lowest BCUT2D eigenvalue weighted by molar-refractivity contribution is -0.121. The van der Waals surface area contributed by atoms with Crippen molar-refractivity contribution in [3.63, 3.8) is 0 Å². The summed E-state index contributed by atoms with van der Waals surface area (Å²) in [5.41, 5.74) is -0.314. The third-order valence-corrected chi connectivity index (χ3v) is 1.36. The number of hydrogen-bond donors (Lipinski definition) is 3. The van der Waals surface area contributed by atoms with E-state index >= 15 is 0 Å². The molecule has 10 heavy (non-hydrogen) atoms. The van der Waals surface area contributed by atoms with Crippen molar-refractivity contribution in [3.05, 3.63) is 12.0 Å². The minimum Gasteiger partial charge on any atom is -0.490 e. The molecule has 1 aliphatic heterocycles. The molecule has 5 heteroatoms. The Morgan fingerprint density at radius 1 is 1.80 bits per heavy atom. The first-order valence-electron chi connectivity index (χ1n) is 2.73. The molecule has 1 atom stereocenters. The molecule has 0 saturated carbocycles. The van der Waals surface area contributed by atoms with Gasteiger partial charge in [0.25, 0.3) is 5.91 Å². The molecule has 56 valence electrons. The van der Waals surface area contributed by atoms with Crippen molar-refractivity contribution < 1.29 is 9.53 Å². The topological polar surface area (TPSA) is 50.4 Å². The largest absolute Gasteiger partial charge is 0.490 e. The average Bonchev–Trinajstić information content (AvgIpc) is 1.88. The van der Waals surface area contributed by atoms with E-state index < -0.39 is 0 Å². The predicted octanol–water partition coefficient (Wildman–Crippen LogP) is -0.593. The van der Waals surface area contributed by atoms with Crippen LogP contribution in [0, 0.1) is 0 Å². The lowest BCUT2D eigenvalue weighted by atomic mass is 10.4. The fraction of sp³-hybridized carbons (Fsp3) is 0.400. The minimum absolute atomic E-state index is 0.249. The molecule has 0 aromatic rings. The maximum Gasteiger partial charge on any atom is 0.290 e. The van der Waals surface area contributed by atoms with Crippen molar-refractivity contribution in [2.75, 3.05) is 7.11 Å². The molecule has 0 fully saturated rings. The van der Waals surface area contributed by atoms with Gasteiger partial charge in [-0.15, -0.1) is 12.6 Å². The third kappa shape index (κ3) is 1.36. The summed E-state index contributed by atoms with van der Waals surface area (Å²) in [4.78, 5) is 10.8. The zero-order valence-electron chi connectivity index (χ0n) is 5.42. The molecule has 4 nitrogen and oxygen atoms in total. The van der Waals surface area contributed by atoms with Crippen LogP contribution in [0.5, 0.6) is 0 Å². The van der Waals surface area contributed by atoms with E-state index in [1.807, 2.05) is 0 Å². The van der Waals surface area contributed by atoms with E-state index in [0.717, 1.165) is 0 Å². The molecule has 1 amide bonds. The Morgan fingerprint density at radius 3 is 3.00 bits per heavy atom. The van der Waals surface area contributed by atoms with Gasteiger partial charge in [-0.25, -0.2) is 0 Å². The molecular formula is C5H8N2O2S. The number of thiol groups is 1. The fourth-order valence-electron chi connectivity index (χ4n) is 0.609. The molecule has 0 aliphatic carbocycles. The highest BCUT2D eigenvalue weighted by atomic mass is 32.1. The second-order valence-electron chi connectivity index (χ2n) is 1.76. The van der Waals surface area contributed by atoms with Crippen molar-refractivity contribution in [1.82, 2.24) is 10.6 Å². The number of rotatable bonds is 1. The van der Waals surface area contributed by atoms with E-state index in [0.29, 0.717) is 0 Å². The zero-order valence-corrected chi connectivity index (χ0v) is 6.31. The van der Waals surface area contributed by atoms with Gasteiger partial charge in [-0.3, -0.25) is 4.79 Å². The van der Waals surface area contributed by atoms with E-state index in [2.05, 4.69) is 23.3 Å². The van der Waals surface area contributed by atoms with Crippen LogP contribution in [-0.4, -0.2) is 18.5 Å². The summed E-state index contributed by atoms with van der Waals surface area (Å²) in [5, 5.41) is 5.26. The fourth-order valence-corrected chi connectivity index (χ4v) is 0.801. The van der Waals surface area contributed by atoms with Crippen molar-refractivity contribution in [2.24, 2.45) is 0 Å². The van der Waals surface area contributed by atoms with E-state index in [-0.39, 0.29) is 17.2 Å². The van der Waals surface area contributed by atoms with Crippen LogP contribution in [0.1, 0.15) is 0 Å². The van der Waals surface area contributed by atoms with Gasteiger partial charge in [0.05, 0.1) is 7.11 Å². The summed E-state index contributed by atoms with van der Waals surface area (Å²) in [6.07, 6.45) is 1.48. The summed E-state index contributed by atoms with van der Waals surface area (Å²) in [6, 6.07) is 0. The van der Waals surface area contributed by atoms with Crippen LogP contribution in [0.2, 0.25) is 0 Å². The lowest BCUT2D eigenvalue weighted by Crippen LogP contribution is -2.44. The zero-order chi connectivity index (χ0) is 7.56. The highest BCUT2D eigenvalue weighted by molar-refractivity contribution is 7.80. The molecule has 1 rings (SSSR count). The highest BCUT2D eigenvalue weighted by Crippen LogP contribution is 2.00. The molecule has 0 spiro atoms. The Balaban J connectivity index is 2.66. The molecule has 2 N–H and O–H groups in total. The first-order valence-corrected chi connectivity index (χ1v) is 3.25. The molecule has 0 saturated heterocycles. The van der Waals surface area contributed by atoms with Crippen molar-refractivity contribution >= 4 is 18.5 Å². The summed E-state index contributed by atoms with van der Waals surface area (Å²) in [5.74, 6) is 0.0200. The number of hydrogen-bond acceptors (Lipinski definition) is 4. The van der Waals surface area contributed by atoms with Gasteiger partial charge in [0.15, 0.2) is 5.76 Å². The summed E-state index contributed by atoms with van der Waals surface area (Å²) in [7, 11) is 1.44. The van der Waals surface area contributed by atoms with Crippen molar-refractivity contribution in [1.29, 1.82) is 0 Å². The van der Waals surface area contributed by atoms with Crippen LogP contribution in [-0.2, 0) is 9.53 Å². The van der Waals surface area contributed by atoms with Crippen molar-refractivity contribution in [2.45, 2.75) is 5.50 Å². The first-order chi connectivity index (χ1) is 4.74. The van der Waals surface area contributed by atoms with Crippen LogP contribution in [0.15, 0.2) is 12.0 Å². The van der Waals surface area contributed by atoms with Crippen LogP contribution < -0.4 is 10.6 Å². The van der Waals surface area contributed by atoms with Crippen molar-refractivity contribution in [3.8, 4) is 0 Å². The standard InChI is InChI=1S/C5H8N2O2S/c1-9-3-2-6-5(10)7-4(3)8/h2,5-6,10H,1H3,(H,7,8). The number of ether oxygens (including phenoxy) is 1. The van der Waals surface area contributed by atoms with E-state index in [9.17, 15) is 4.79 Å². The lowest BCUT2D eigenvalue weighted by Gasteiger charge is -2.19. The van der Waals surface area contributed by atoms with Crippen LogP contribution in [0.4, 0.5) is 0 Å². The van der Waals surface area contributed by atoms with Gasteiger partial charge in [0.2, 0.25) is 0 Å². The summed E-state index contributed by atoms with van der Waals surface area (Å²) < 4.78 is 4.70. The average molecular weight is 160 g/mol. The second-order valence-corrected chi connectivity index (χ2v) is 2.27. The molecule has 1 heterocycles. The van der Waals surface area contributed by atoms with Gasteiger partial charge >= 0.3 is 0 Å². The van der Waals surface area contributed by atoms with Gasteiger partial charge in [-0.2, -0.15) is 0 Å². The van der Waals surface area contributed by atoms with Gasteiger partial charge in [-0.05, 0) is 0 Å². The Hall–Kier alpha value is -0.840. The maximum atomic E-state index is 10.8. The van der Waals surface area contributed by atoms with Gasteiger partial charge in [0.1, 0.15) is 5.50 Å². The van der Waals surface area contributed by atoms with Gasteiger partial charge in [0, 0.05) is 6.20 Å². The summed E-state index contributed by atoms with van der Waals surface area (Å²) in [6.45, 7) is 0. The maximum absolute atomic E-state index is 10.8. The van der Waals surface area contributed by atoms with Gasteiger partial charge < -0.3 is 15.4 Å². The number of methoxy groups -OCH3 is 1. The van der Waals surface area contributed by atoms with E-state index in [4.69, 9.17) is 4.74 Å². The SMILES string of the molecule is COC1=CNC(S)NC1=O. The Bertz CT molecular complexity index is 180. The van der Waals surface area contributed by atoms with E-state index in [1.54, 1.807) is 0 Å². The van der Waals surface area contributed by atoms with Crippen LogP contribution in [0.25, 0.3) is 0 Å². The monoisotopic (exact) mass is 160 g/mol. The normalized spacial score (nSPS) is 24.4. The quantitative estimate of drug-likeness (QED) is 0.449. The number of amides is 1. The molecule has 0 bridgehead atoms. The summed E-state index contributed by atoms with van der Waals surface area (Å²) >= 11 is 3.96. The number of nitrogens with one attached hydrogen (secondary N) is 2.